The SMILES string of the molecule is Cc1ccc(CN(C)CC2(O)CCCC2)cc1C. The molecule has 100 valence electrons. The first-order valence-electron chi connectivity index (χ1n) is 6.96. The van der Waals surface area contributed by atoms with Gasteiger partial charge in [-0.15, -0.1) is 0 Å². The molecule has 0 heterocycles. The molecule has 1 aromatic rings. The zero-order valence-corrected chi connectivity index (χ0v) is 11.9. The molecule has 0 atom stereocenters. The van der Waals surface area contributed by atoms with Gasteiger partial charge in [-0.05, 0) is 50.4 Å². The zero-order valence-electron chi connectivity index (χ0n) is 11.9. The van der Waals surface area contributed by atoms with Crippen molar-refractivity contribution in [2.75, 3.05) is 13.6 Å². The number of likely N-dealkylation sites (N-methyl/N-ethyl adjacent to an activating group) is 1. The molecule has 0 spiro atoms. The van der Waals surface area contributed by atoms with Crippen LogP contribution in [-0.2, 0) is 6.54 Å². The number of hydrogen-bond acceptors (Lipinski definition) is 2. The number of rotatable bonds is 4. The Hall–Kier alpha value is -0.860. The summed E-state index contributed by atoms with van der Waals surface area (Å²) >= 11 is 0. The van der Waals surface area contributed by atoms with E-state index >= 15 is 0 Å². The van der Waals surface area contributed by atoms with E-state index < -0.39 is 5.60 Å². The van der Waals surface area contributed by atoms with E-state index in [1.807, 2.05) is 0 Å². The summed E-state index contributed by atoms with van der Waals surface area (Å²) < 4.78 is 0. The molecule has 1 aromatic carbocycles. The van der Waals surface area contributed by atoms with E-state index in [1.54, 1.807) is 0 Å². The first-order valence-corrected chi connectivity index (χ1v) is 6.96. The Kier molecular flexibility index (Phi) is 4.08. The summed E-state index contributed by atoms with van der Waals surface area (Å²) in [5.41, 5.74) is 3.59. The first kappa shape index (κ1) is 13.6. The van der Waals surface area contributed by atoms with Crippen LogP contribution in [0.15, 0.2) is 18.2 Å². The Labute approximate surface area is 111 Å². The minimum Gasteiger partial charge on any atom is -0.389 e. The molecule has 0 aliphatic heterocycles. The smallest absolute Gasteiger partial charge is 0.0774 e. The minimum atomic E-state index is -0.436. The fourth-order valence-electron chi connectivity index (χ4n) is 2.96. The second kappa shape index (κ2) is 5.41. The second-order valence-corrected chi connectivity index (χ2v) is 6.02. The molecular formula is C16H25NO. The Balaban J connectivity index is 1.94. The van der Waals surface area contributed by atoms with Crippen molar-refractivity contribution in [2.24, 2.45) is 0 Å². The predicted molar refractivity (Wildman–Crippen MR) is 75.7 cm³/mol. The van der Waals surface area contributed by atoms with E-state index in [2.05, 4.69) is 44.0 Å². The molecule has 0 unspecified atom stereocenters. The van der Waals surface area contributed by atoms with Crippen LogP contribution >= 0.6 is 0 Å². The fourth-order valence-corrected chi connectivity index (χ4v) is 2.96. The molecule has 1 aliphatic carbocycles. The van der Waals surface area contributed by atoms with Crippen molar-refractivity contribution in [3.63, 3.8) is 0 Å². The van der Waals surface area contributed by atoms with Gasteiger partial charge in [0.2, 0.25) is 0 Å². The molecule has 1 fully saturated rings. The van der Waals surface area contributed by atoms with Crippen molar-refractivity contribution in [1.82, 2.24) is 4.90 Å². The quantitative estimate of drug-likeness (QED) is 0.884. The molecule has 0 saturated heterocycles. The van der Waals surface area contributed by atoms with Gasteiger partial charge in [-0.25, -0.2) is 0 Å². The van der Waals surface area contributed by atoms with Gasteiger partial charge in [0.15, 0.2) is 0 Å². The Bertz CT molecular complexity index is 408. The molecule has 1 saturated carbocycles. The normalized spacial score (nSPS) is 18.5. The Morgan fingerprint density at radius 1 is 1.17 bits per heavy atom. The molecule has 0 radical (unpaired) electrons. The lowest BCUT2D eigenvalue weighted by Gasteiger charge is -2.28. The van der Waals surface area contributed by atoms with Crippen LogP contribution in [-0.4, -0.2) is 29.2 Å². The summed E-state index contributed by atoms with van der Waals surface area (Å²) in [5, 5.41) is 10.4. The lowest BCUT2D eigenvalue weighted by molar-refractivity contribution is 0.0145. The molecule has 2 heteroatoms. The van der Waals surface area contributed by atoms with Crippen LogP contribution < -0.4 is 0 Å². The van der Waals surface area contributed by atoms with Gasteiger partial charge in [-0.3, -0.25) is 4.90 Å². The molecule has 1 N–H and O–H groups in total. The molecule has 18 heavy (non-hydrogen) atoms. The third kappa shape index (κ3) is 3.33. The highest BCUT2D eigenvalue weighted by molar-refractivity contribution is 5.29. The molecule has 0 amide bonds. The van der Waals surface area contributed by atoms with Gasteiger partial charge < -0.3 is 5.11 Å². The summed E-state index contributed by atoms with van der Waals surface area (Å²) in [6.07, 6.45) is 4.27. The lowest BCUT2D eigenvalue weighted by atomic mass is 10.0. The van der Waals surface area contributed by atoms with Crippen LogP contribution in [0, 0.1) is 13.8 Å². The fraction of sp³-hybridized carbons (Fsp3) is 0.625. The maximum Gasteiger partial charge on any atom is 0.0774 e. The monoisotopic (exact) mass is 247 g/mol. The van der Waals surface area contributed by atoms with Crippen molar-refractivity contribution in [2.45, 2.75) is 51.7 Å². The molecule has 1 aliphatic rings. The van der Waals surface area contributed by atoms with Gasteiger partial charge >= 0.3 is 0 Å². The largest absolute Gasteiger partial charge is 0.389 e. The van der Waals surface area contributed by atoms with Gasteiger partial charge in [0.05, 0.1) is 5.60 Å². The van der Waals surface area contributed by atoms with Crippen LogP contribution in [0.25, 0.3) is 0 Å². The van der Waals surface area contributed by atoms with Crippen molar-refractivity contribution in [1.29, 1.82) is 0 Å². The molecule has 2 rings (SSSR count). The lowest BCUT2D eigenvalue weighted by Crippen LogP contribution is -2.38. The summed E-state index contributed by atoms with van der Waals surface area (Å²) in [6.45, 7) is 6.01. The van der Waals surface area contributed by atoms with Gasteiger partial charge in [0.25, 0.3) is 0 Å². The average Bonchev–Trinajstić information content (AvgIpc) is 2.70. The highest BCUT2D eigenvalue weighted by Crippen LogP contribution is 2.30. The highest BCUT2D eigenvalue weighted by Gasteiger charge is 2.31. The topological polar surface area (TPSA) is 23.5 Å². The van der Waals surface area contributed by atoms with Crippen molar-refractivity contribution >= 4 is 0 Å². The number of benzene rings is 1. The van der Waals surface area contributed by atoms with E-state index in [4.69, 9.17) is 0 Å². The summed E-state index contributed by atoms with van der Waals surface area (Å²) in [5.74, 6) is 0. The van der Waals surface area contributed by atoms with Gasteiger partial charge in [0, 0.05) is 13.1 Å². The molecule has 0 aromatic heterocycles. The van der Waals surface area contributed by atoms with Crippen LogP contribution in [0.3, 0.4) is 0 Å². The summed E-state index contributed by atoms with van der Waals surface area (Å²) in [4.78, 5) is 2.25. The van der Waals surface area contributed by atoms with E-state index in [-0.39, 0.29) is 0 Å². The van der Waals surface area contributed by atoms with Crippen LogP contribution in [0.4, 0.5) is 0 Å². The van der Waals surface area contributed by atoms with Crippen LogP contribution in [0.1, 0.15) is 42.4 Å². The average molecular weight is 247 g/mol. The third-order valence-corrected chi connectivity index (χ3v) is 4.12. The van der Waals surface area contributed by atoms with Crippen LogP contribution in [0.5, 0.6) is 0 Å². The third-order valence-electron chi connectivity index (χ3n) is 4.12. The van der Waals surface area contributed by atoms with Crippen LogP contribution in [0.2, 0.25) is 0 Å². The molecule has 2 nitrogen and oxygen atoms in total. The van der Waals surface area contributed by atoms with Crippen molar-refractivity contribution < 1.29 is 5.11 Å². The Morgan fingerprint density at radius 2 is 1.83 bits per heavy atom. The van der Waals surface area contributed by atoms with E-state index in [9.17, 15) is 5.11 Å². The zero-order chi connectivity index (χ0) is 13.2. The summed E-state index contributed by atoms with van der Waals surface area (Å²) in [7, 11) is 2.10. The maximum absolute atomic E-state index is 10.4. The standard InChI is InChI=1S/C16H25NO/c1-13-6-7-15(10-14(13)2)11-17(3)12-16(18)8-4-5-9-16/h6-7,10,18H,4-5,8-9,11-12H2,1-3H3. The molecular weight excluding hydrogens is 222 g/mol. The van der Waals surface area contributed by atoms with E-state index in [0.717, 1.165) is 25.9 Å². The molecule has 0 bridgehead atoms. The van der Waals surface area contributed by atoms with Crippen molar-refractivity contribution in [3.05, 3.63) is 34.9 Å². The number of aryl methyl sites for hydroxylation is 2. The van der Waals surface area contributed by atoms with Gasteiger partial charge in [-0.1, -0.05) is 31.0 Å². The van der Waals surface area contributed by atoms with Gasteiger partial charge in [-0.2, -0.15) is 0 Å². The van der Waals surface area contributed by atoms with Gasteiger partial charge in [0.1, 0.15) is 0 Å². The van der Waals surface area contributed by atoms with E-state index in [0.29, 0.717) is 0 Å². The summed E-state index contributed by atoms with van der Waals surface area (Å²) in [6, 6.07) is 6.63. The van der Waals surface area contributed by atoms with Crippen molar-refractivity contribution in [3.8, 4) is 0 Å². The number of nitrogens with zero attached hydrogens (tertiary/aromatic N) is 1. The number of aliphatic hydroxyl groups is 1. The second-order valence-electron chi connectivity index (χ2n) is 6.02. The first-order chi connectivity index (χ1) is 8.48. The minimum absolute atomic E-state index is 0.436. The maximum atomic E-state index is 10.4. The predicted octanol–water partition coefficient (Wildman–Crippen LogP) is 3.04. The number of hydrogen-bond donors (Lipinski definition) is 1. The Morgan fingerprint density at radius 3 is 2.44 bits per heavy atom. The highest BCUT2D eigenvalue weighted by atomic mass is 16.3. The van der Waals surface area contributed by atoms with E-state index in [1.165, 1.54) is 29.5 Å².